The number of hydrogen-bond donors (Lipinski definition) is 1. The van der Waals surface area contributed by atoms with Crippen LogP contribution in [0.2, 0.25) is 5.02 Å². The molecular weight excluding hydrogens is 248 g/mol. The maximum atomic E-state index is 6.01. The second-order valence-corrected chi connectivity index (χ2v) is 5.03. The van der Waals surface area contributed by atoms with Crippen molar-refractivity contribution in [2.24, 2.45) is 5.73 Å². The second-order valence-electron chi connectivity index (χ2n) is 4.59. The van der Waals surface area contributed by atoms with Crippen molar-refractivity contribution in [2.75, 3.05) is 27.2 Å². The van der Waals surface area contributed by atoms with Gasteiger partial charge in [-0.05, 0) is 38.1 Å². The van der Waals surface area contributed by atoms with Crippen LogP contribution >= 0.6 is 11.6 Å². The third kappa shape index (κ3) is 4.58. The molecule has 0 aliphatic heterocycles. The molecule has 1 rings (SSSR count). The molecule has 3 nitrogen and oxygen atoms in total. The molecule has 0 aliphatic rings. The van der Waals surface area contributed by atoms with E-state index >= 15 is 0 Å². The van der Waals surface area contributed by atoms with E-state index < -0.39 is 0 Å². The van der Waals surface area contributed by atoms with Crippen LogP contribution in [0.25, 0.3) is 0 Å². The van der Waals surface area contributed by atoms with Gasteiger partial charge < -0.3 is 10.5 Å². The van der Waals surface area contributed by atoms with Gasteiger partial charge >= 0.3 is 0 Å². The topological polar surface area (TPSA) is 38.5 Å². The molecule has 0 amide bonds. The van der Waals surface area contributed by atoms with Crippen molar-refractivity contribution in [3.8, 4) is 0 Å². The Balaban J connectivity index is 2.53. The van der Waals surface area contributed by atoms with Gasteiger partial charge in [-0.3, -0.25) is 4.90 Å². The predicted octanol–water partition coefficient (Wildman–Crippen LogP) is 2.70. The fourth-order valence-electron chi connectivity index (χ4n) is 1.89. The van der Waals surface area contributed by atoms with Gasteiger partial charge in [0, 0.05) is 31.3 Å². The highest BCUT2D eigenvalue weighted by atomic mass is 35.5. The van der Waals surface area contributed by atoms with Crippen LogP contribution in [0.1, 0.15) is 24.9 Å². The largest absolute Gasteiger partial charge is 0.380 e. The Kier molecular flexibility index (Phi) is 6.65. The van der Waals surface area contributed by atoms with Crippen molar-refractivity contribution >= 4 is 11.6 Å². The zero-order valence-electron chi connectivity index (χ0n) is 11.4. The van der Waals surface area contributed by atoms with E-state index in [4.69, 9.17) is 22.1 Å². The zero-order valence-corrected chi connectivity index (χ0v) is 12.2. The van der Waals surface area contributed by atoms with Gasteiger partial charge in [0.15, 0.2) is 0 Å². The summed E-state index contributed by atoms with van der Waals surface area (Å²) in [6.07, 6.45) is 1.08. The van der Waals surface area contributed by atoms with E-state index in [1.54, 1.807) is 7.11 Å². The molecule has 0 heterocycles. The zero-order chi connectivity index (χ0) is 13.5. The quantitative estimate of drug-likeness (QED) is 0.828. The van der Waals surface area contributed by atoms with Gasteiger partial charge in [-0.1, -0.05) is 23.7 Å². The Morgan fingerprint density at radius 3 is 2.72 bits per heavy atom. The third-order valence-corrected chi connectivity index (χ3v) is 3.63. The maximum absolute atomic E-state index is 6.01. The fourth-order valence-corrected chi connectivity index (χ4v) is 2.09. The van der Waals surface area contributed by atoms with Crippen molar-refractivity contribution in [1.82, 2.24) is 4.90 Å². The van der Waals surface area contributed by atoms with Crippen LogP contribution in [0.3, 0.4) is 0 Å². The van der Waals surface area contributed by atoms with Gasteiger partial charge in [0.05, 0.1) is 6.10 Å². The van der Waals surface area contributed by atoms with E-state index in [-0.39, 0.29) is 6.10 Å². The average Bonchev–Trinajstić information content (AvgIpc) is 2.38. The monoisotopic (exact) mass is 270 g/mol. The summed E-state index contributed by atoms with van der Waals surface area (Å²) in [5, 5.41) is 0.782. The summed E-state index contributed by atoms with van der Waals surface area (Å²) in [5.41, 5.74) is 6.84. The fraction of sp³-hybridized carbons (Fsp3) is 0.571. The molecule has 2 N–H and O–H groups in total. The molecule has 0 radical (unpaired) electrons. The lowest BCUT2D eigenvalue weighted by molar-refractivity contribution is 0.0881. The molecule has 0 saturated carbocycles. The van der Waals surface area contributed by atoms with E-state index in [0.717, 1.165) is 18.0 Å². The first-order valence-electron chi connectivity index (χ1n) is 6.27. The minimum Gasteiger partial charge on any atom is -0.380 e. The summed E-state index contributed by atoms with van der Waals surface area (Å²) in [4.78, 5) is 2.29. The number of nitrogens with zero attached hydrogens (tertiary/aromatic N) is 1. The number of ether oxygens (including phenoxy) is 1. The van der Waals surface area contributed by atoms with Crippen LogP contribution in [0.15, 0.2) is 24.3 Å². The maximum Gasteiger partial charge on any atom is 0.0705 e. The van der Waals surface area contributed by atoms with E-state index in [1.807, 2.05) is 18.2 Å². The Morgan fingerprint density at radius 1 is 1.44 bits per heavy atom. The number of hydrogen-bond acceptors (Lipinski definition) is 3. The van der Waals surface area contributed by atoms with Crippen molar-refractivity contribution in [3.05, 3.63) is 34.9 Å². The molecule has 2 atom stereocenters. The number of rotatable bonds is 7. The highest BCUT2D eigenvalue weighted by Crippen LogP contribution is 2.22. The SMILES string of the molecule is COC(CN)CCN(C)C(C)c1cccc(Cl)c1. The molecule has 0 aromatic heterocycles. The van der Waals surface area contributed by atoms with E-state index in [1.165, 1.54) is 5.56 Å². The molecule has 1 aromatic carbocycles. The van der Waals surface area contributed by atoms with Crippen molar-refractivity contribution in [1.29, 1.82) is 0 Å². The van der Waals surface area contributed by atoms with E-state index in [9.17, 15) is 0 Å². The lowest BCUT2D eigenvalue weighted by Gasteiger charge is -2.26. The van der Waals surface area contributed by atoms with Crippen LogP contribution < -0.4 is 5.73 Å². The van der Waals surface area contributed by atoms with Crippen LogP contribution in [0.5, 0.6) is 0 Å². The normalized spacial score (nSPS) is 14.8. The Labute approximate surface area is 115 Å². The summed E-state index contributed by atoms with van der Waals surface area (Å²) in [5.74, 6) is 0. The Hall–Kier alpha value is -0.610. The van der Waals surface area contributed by atoms with Gasteiger partial charge in [0.2, 0.25) is 0 Å². The van der Waals surface area contributed by atoms with Crippen LogP contribution in [-0.2, 0) is 4.74 Å². The molecule has 0 saturated heterocycles. The van der Waals surface area contributed by atoms with E-state index in [0.29, 0.717) is 12.6 Å². The highest BCUT2D eigenvalue weighted by molar-refractivity contribution is 6.30. The van der Waals surface area contributed by atoms with Crippen molar-refractivity contribution in [3.63, 3.8) is 0 Å². The second kappa shape index (κ2) is 7.74. The summed E-state index contributed by atoms with van der Waals surface area (Å²) in [6, 6.07) is 8.33. The summed E-state index contributed by atoms with van der Waals surface area (Å²) in [7, 11) is 3.81. The first kappa shape index (κ1) is 15.4. The van der Waals surface area contributed by atoms with Crippen molar-refractivity contribution in [2.45, 2.75) is 25.5 Å². The summed E-state index contributed by atoms with van der Waals surface area (Å²) in [6.45, 7) is 3.69. The number of methoxy groups -OCH3 is 1. The first-order valence-corrected chi connectivity index (χ1v) is 6.64. The summed E-state index contributed by atoms with van der Waals surface area (Å²) >= 11 is 6.01. The van der Waals surface area contributed by atoms with Crippen LogP contribution in [0.4, 0.5) is 0 Å². The standard InChI is InChI=1S/C14H23ClN2O/c1-11(12-5-4-6-13(15)9-12)17(2)8-7-14(10-16)18-3/h4-6,9,11,14H,7-8,10,16H2,1-3H3. The Bertz CT molecular complexity index is 355. The van der Waals surface area contributed by atoms with Crippen LogP contribution in [0, 0.1) is 0 Å². The number of benzene rings is 1. The third-order valence-electron chi connectivity index (χ3n) is 3.39. The number of nitrogens with two attached hydrogens (primary N) is 1. The molecule has 1 aromatic rings. The van der Waals surface area contributed by atoms with Gasteiger partial charge in [0.25, 0.3) is 0 Å². The summed E-state index contributed by atoms with van der Waals surface area (Å²) < 4.78 is 5.28. The minimum absolute atomic E-state index is 0.138. The van der Waals surface area contributed by atoms with Crippen LogP contribution in [-0.4, -0.2) is 38.3 Å². The molecule has 18 heavy (non-hydrogen) atoms. The molecule has 4 heteroatoms. The molecule has 0 aliphatic carbocycles. The van der Waals surface area contributed by atoms with Gasteiger partial charge in [0.1, 0.15) is 0 Å². The molecular formula is C14H23ClN2O. The van der Waals surface area contributed by atoms with Gasteiger partial charge in [-0.25, -0.2) is 0 Å². The Morgan fingerprint density at radius 2 is 2.17 bits per heavy atom. The molecule has 102 valence electrons. The smallest absolute Gasteiger partial charge is 0.0705 e. The van der Waals surface area contributed by atoms with E-state index in [2.05, 4.69) is 24.9 Å². The first-order chi connectivity index (χ1) is 8.58. The molecule has 0 fully saturated rings. The molecule has 2 unspecified atom stereocenters. The van der Waals surface area contributed by atoms with Gasteiger partial charge in [-0.15, -0.1) is 0 Å². The molecule has 0 bridgehead atoms. The number of halogens is 1. The van der Waals surface area contributed by atoms with Gasteiger partial charge in [-0.2, -0.15) is 0 Å². The molecule has 0 spiro atoms. The predicted molar refractivity (Wildman–Crippen MR) is 77.0 cm³/mol. The van der Waals surface area contributed by atoms with Crippen molar-refractivity contribution < 1.29 is 4.74 Å². The average molecular weight is 271 g/mol. The highest BCUT2D eigenvalue weighted by Gasteiger charge is 2.13. The minimum atomic E-state index is 0.138. The lowest BCUT2D eigenvalue weighted by Crippen LogP contribution is -2.30. The lowest BCUT2D eigenvalue weighted by atomic mass is 10.1.